The summed E-state index contributed by atoms with van der Waals surface area (Å²) < 4.78 is 0. The van der Waals surface area contributed by atoms with Crippen molar-refractivity contribution in [1.29, 1.82) is 0 Å². The van der Waals surface area contributed by atoms with E-state index >= 15 is 0 Å². The van der Waals surface area contributed by atoms with E-state index in [0.717, 1.165) is 18.4 Å². The van der Waals surface area contributed by atoms with E-state index in [0.29, 0.717) is 0 Å². The first-order chi connectivity index (χ1) is 11.7. The van der Waals surface area contributed by atoms with Crippen LogP contribution in [0.4, 0.5) is 11.4 Å². The number of hydrogen-bond acceptors (Lipinski definition) is 5. The molecule has 122 valence electrons. The molecular weight excluding hydrogens is 306 g/mol. The standard InChI is InChI=1S/C18H17N3O3/c1-11-9-10-12-5-2-3-6-13(12)16(11)19-18(22)14-7-4-8-15(20-23)17(14)21-24/h2-8,11,16H,9-10H2,1H3,(H,19,22). The highest BCUT2D eigenvalue weighted by atomic mass is 16.3. The number of carbonyl (C=O) groups is 1. The van der Waals surface area contributed by atoms with Crippen LogP contribution in [-0.2, 0) is 6.42 Å². The van der Waals surface area contributed by atoms with Gasteiger partial charge < -0.3 is 5.32 Å². The van der Waals surface area contributed by atoms with E-state index in [2.05, 4.69) is 28.7 Å². The van der Waals surface area contributed by atoms with Crippen LogP contribution in [0.1, 0.15) is 40.9 Å². The predicted molar refractivity (Wildman–Crippen MR) is 91.5 cm³/mol. The second-order valence-electron chi connectivity index (χ2n) is 6.02. The Morgan fingerprint density at radius 2 is 1.88 bits per heavy atom. The molecule has 1 aliphatic rings. The van der Waals surface area contributed by atoms with Gasteiger partial charge in [0.15, 0.2) is 0 Å². The molecular formula is C18H17N3O3. The van der Waals surface area contributed by atoms with Crippen LogP contribution in [0.15, 0.2) is 52.8 Å². The van der Waals surface area contributed by atoms with Crippen LogP contribution in [0.25, 0.3) is 0 Å². The molecule has 2 unspecified atom stereocenters. The number of rotatable bonds is 4. The molecule has 2 aromatic carbocycles. The summed E-state index contributed by atoms with van der Waals surface area (Å²) in [6.45, 7) is 2.09. The van der Waals surface area contributed by atoms with Crippen molar-refractivity contribution in [2.24, 2.45) is 16.3 Å². The minimum Gasteiger partial charge on any atom is -0.345 e. The molecule has 1 N–H and O–H groups in total. The summed E-state index contributed by atoms with van der Waals surface area (Å²) in [5, 5.41) is 8.56. The molecule has 0 fully saturated rings. The van der Waals surface area contributed by atoms with Gasteiger partial charge in [-0.05, 0) is 52.4 Å². The Balaban J connectivity index is 1.93. The van der Waals surface area contributed by atoms with Gasteiger partial charge in [0, 0.05) is 0 Å². The fraction of sp³-hybridized carbons (Fsp3) is 0.278. The average Bonchev–Trinajstić information content (AvgIpc) is 2.63. The Morgan fingerprint density at radius 1 is 1.08 bits per heavy atom. The predicted octanol–water partition coefficient (Wildman–Crippen LogP) is 4.54. The van der Waals surface area contributed by atoms with Crippen molar-refractivity contribution in [2.45, 2.75) is 25.8 Å². The molecule has 2 atom stereocenters. The second-order valence-corrected chi connectivity index (χ2v) is 6.02. The Kier molecular flexibility index (Phi) is 4.46. The van der Waals surface area contributed by atoms with Crippen molar-refractivity contribution in [3.63, 3.8) is 0 Å². The molecule has 1 aliphatic carbocycles. The minimum atomic E-state index is -0.427. The zero-order valence-electron chi connectivity index (χ0n) is 13.2. The van der Waals surface area contributed by atoms with E-state index in [1.165, 1.54) is 23.8 Å². The van der Waals surface area contributed by atoms with Crippen LogP contribution in [0.3, 0.4) is 0 Å². The number of amides is 1. The van der Waals surface area contributed by atoms with Crippen LogP contribution >= 0.6 is 0 Å². The number of carbonyl (C=O) groups excluding carboxylic acids is 1. The molecule has 0 spiro atoms. The van der Waals surface area contributed by atoms with Gasteiger partial charge in [-0.1, -0.05) is 37.3 Å². The summed E-state index contributed by atoms with van der Waals surface area (Å²) in [5.74, 6) is -0.160. The average molecular weight is 323 g/mol. The minimum absolute atomic E-state index is 0.0670. The van der Waals surface area contributed by atoms with Gasteiger partial charge in [-0.3, -0.25) is 4.79 Å². The summed E-state index contributed by atoms with van der Waals surface area (Å²) in [7, 11) is 0. The van der Waals surface area contributed by atoms with Gasteiger partial charge in [0.05, 0.1) is 11.6 Å². The van der Waals surface area contributed by atoms with Gasteiger partial charge in [-0.15, -0.1) is 9.81 Å². The van der Waals surface area contributed by atoms with E-state index in [1.54, 1.807) is 0 Å². The Labute approximate surface area is 139 Å². The van der Waals surface area contributed by atoms with Gasteiger partial charge in [-0.2, -0.15) is 0 Å². The lowest BCUT2D eigenvalue weighted by atomic mass is 9.80. The zero-order chi connectivity index (χ0) is 17.1. The number of nitrogens with one attached hydrogen (secondary N) is 1. The lowest BCUT2D eigenvalue weighted by Gasteiger charge is -2.32. The van der Waals surface area contributed by atoms with E-state index in [-0.39, 0.29) is 28.9 Å². The smallest absolute Gasteiger partial charge is 0.254 e. The van der Waals surface area contributed by atoms with Crippen molar-refractivity contribution < 1.29 is 4.79 Å². The molecule has 0 aromatic heterocycles. The van der Waals surface area contributed by atoms with Crippen molar-refractivity contribution >= 4 is 17.3 Å². The topological polar surface area (TPSA) is 88.0 Å². The maximum Gasteiger partial charge on any atom is 0.254 e. The van der Waals surface area contributed by atoms with E-state index in [1.807, 2.05) is 18.2 Å². The Hall–Kier alpha value is -2.89. The summed E-state index contributed by atoms with van der Waals surface area (Å²) in [4.78, 5) is 34.5. The lowest BCUT2D eigenvalue weighted by Crippen LogP contribution is -2.35. The maximum atomic E-state index is 12.7. The van der Waals surface area contributed by atoms with Crippen LogP contribution in [0.5, 0.6) is 0 Å². The fourth-order valence-electron chi connectivity index (χ4n) is 3.24. The van der Waals surface area contributed by atoms with Gasteiger partial charge in [0.2, 0.25) is 0 Å². The molecule has 0 bridgehead atoms. The third kappa shape index (κ3) is 2.82. The highest BCUT2D eigenvalue weighted by Crippen LogP contribution is 2.36. The monoisotopic (exact) mass is 323 g/mol. The van der Waals surface area contributed by atoms with Gasteiger partial charge >= 0.3 is 0 Å². The quantitative estimate of drug-likeness (QED) is 0.838. The number of hydrogen-bond donors (Lipinski definition) is 1. The molecule has 6 heteroatoms. The Bertz CT molecular complexity index is 804. The summed E-state index contributed by atoms with van der Waals surface area (Å²) in [6, 6.07) is 12.2. The first-order valence-electron chi connectivity index (χ1n) is 7.84. The van der Waals surface area contributed by atoms with Crippen molar-refractivity contribution in [2.75, 3.05) is 0 Å². The fourth-order valence-corrected chi connectivity index (χ4v) is 3.24. The number of nitrogens with zero attached hydrogens (tertiary/aromatic N) is 2. The van der Waals surface area contributed by atoms with Crippen LogP contribution in [0.2, 0.25) is 0 Å². The number of aryl methyl sites for hydroxylation is 1. The van der Waals surface area contributed by atoms with E-state index in [4.69, 9.17) is 0 Å². The zero-order valence-corrected chi connectivity index (χ0v) is 13.2. The third-order valence-corrected chi connectivity index (χ3v) is 4.56. The first-order valence-corrected chi connectivity index (χ1v) is 7.84. The van der Waals surface area contributed by atoms with Crippen molar-refractivity contribution in [1.82, 2.24) is 5.32 Å². The van der Waals surface area contributed by atoms with Crippen LogP contribution in [0, 0.1) is 15.7 Å². The van der Waals surface area contributed by atoms with E-state index in [9.17, 15) is 14.6 Å². The van der Waals surface area contributed by atoms with Crippen molar-refractivity contribution in [3.8, 4) is 0 Å². The van der Waals surface area contributed by atoms with Gasteiger partial charge in [-0.25, -0.2) is 0 Å². The molecule has 3 rings (SSSR count). The molecule has 0 heterocycles. The molecule has 0 radical (unpaired) electrons. The van der Waals surface area contributed by atoms with Gasteiger partial charge in [0.1, 0.15) is 11.4 Å². The largest absolute Gasteiger partial charge is 0.345 e. The summed E-state index contributed by atoms with van der Waals surface area (Å²) in [6.07, 6.45) is 1.95. The molecule has 24 heavy (non-hydrogen) atoms. The maximum absolute atomic E-state index is 12.7. The molecule has 1 amide bonds. The Morgan fingerprint density at radius 3 is 2.62 bits per heavy atom. The summed E-state index contributed by atoms with van der Waals surface area (Å²) >= 11 is 0. The summed E-state index contributed by atoms with van der Waals surface area (Å²) in [5.41, 5.74) is 2.03. The number of nitroso groups, excluding NO2 is 2. The van der Waals surface area contributed by atoms with E-state index < -0.39 is 5.91 Å². The molecule has 2 aromatic rings. The van der Waals surface area contributed by atoms with Crippen molar-refractivity contribution in [3.05, 3.63) is 69.0 Å². The number of benzene rings is 2. The molecule has 0 saturated carbocycles. The third-order valence-electron chi connectivity index (χ3n) is 4.56. The molecule has 0 saturated heterocycles. The SMILES string of the molecule is CC1CCc2ccccc2C1NC(=O)c1cccc(N=O)c1N=O. The normalized spacial score (nSPS) is 19.2. The van der Waals surface area contributed by atoms with Crippen LogP contribution in [-0.4, -0.2) is 5.91 Å². The van der Waals surface area contributed by atoms with Crippen LogP contribution < -0.4 is 5.32 Å². The molecule has 6 nitrogen and oxygen atoms in total. The lowest BCUT2D eigenvalue weighted by molar-refractivity contribution is 0.0920. The van der Waals surface area contributed by atoms with Gasteiger partial charge in [0.25, 0.3) is 5.91 Å². The second kappa shape index (κ2) is 6.70. The first kappa shape index (κ1) is 16.0. The highest BCUT2D eigenvalue weighted by Gasteiger charge is 2.29. The number of fused-ring (bicyclic) bond motifs is 1. The highest BCUT2D eigenvalue weighted by molar-refractivity contribution is 6.01. The molecule has 0 aliphatic heterocycles.